The Labute approximate surface area is 213 Å². The third-order valence-electron chi connectivity index (χ3n) is 6.04. The molecule has 7 heteroatoms. The number of benzene rings is 3. The van der Waals surface area contributed by atoms with Gasteiger partial charge in [0.2, 0.25) is 0 Å². The zero-order valence-corrected chi connectivity index (χ0v) is 21.8. The lowest BCUT2D eigenvalue weighted by Gasteiger charge is -2.12. The molecule has 0 aliphatic rings. The van der Waals surface area contributed by atoms with Crippen molar-refractivity contribution in [2.75, 3.05) is 18.1 Å². The quantitative estimate of drug-likeness (QED) is 0.160. The Morgan fingerprint density at radius 2 is 1.44 bits per heavy atom. The fourth-order valence-corrected chi connectivity index (χ4v) is 4.48. The maximum absolute atomic E-state index is 12.8. The van der Waals surface area contributed by atoms with Gasteiger partial charge in [-0.2, -0.15) is 0 Å². The van der Waals surface area contributed by atoms with Crippen molar-refractivity contribution in [3.05, 3.63) is 83.9 Å². The van der Waals surface area contributed by atoms with E-state index in [1.54, 1.807) is 36.4 Å². The van der Waals surface area contributed by atoms with Gasteiger partial charge in [-0.05, 0) is 59.9 Å². The number of nitrogens with one attached hydrogen (secondary N) is 1. The van der Waals surface area contributed by atoms with Crippen LogP contribution in [-0.4, -0.2) is 28.5 Å². The first-order valence-corrected chi connectivity index (χ1v) is 14.4. The molecule has 3 N–H and O–H groups in total. The molecule has 0 atom stereocenters. The van der Waals surface area contributed by atoms with Crippen LogP contribution in [0.25, 0.3) is 11.1 Å². The van der Waals surface area contributed by atoms with E-state index in [9.17, 15) is 9.36 Å². The monoisotopic (exact) mass is 509 g/mol. The van der Waals surface area contributed by atoms with E-state index in [0.29, 0.717) is 16.8 Å². The summed E-state index contributed by atoms with van der Waals surface area (Å²) in [5, 5.41) is 2.86. The van der Waals surface area contributed by atoms with Crippen molar-refractivity contribution in [3.63, 3.8) is 0 Å². The van der Waals surface area contributed by atoms with E-state index in [4.69, 9.17) is 14.5 Å². The van der Waals surface area contributed by atoms with E-state index in [1.165, 1.54) is 32.1 Å². The van der Waals surface area contributed by atoms with Gasteiger partial charge in [0.1, 0.15) is 5.75 Å². The number of anilines is 1. The lowest BCUT2D eigenvalue weighted by Crippen LogP contribution is -2.13. The van der Waals surface area contributed by atoms with Crippen molar-refractivity contribution in [2.24, 2.45) is 0 Å². The molecule has 6 nitrogen and oxygen atoms in total. The Morgan fingerprint density at radius 1 is 0.833 bits per heavy atom. The molecule has 36 heavy (non-hydrogen) atoms. The van der Waals surface area contributed by atoms with Crippen LogP contribution in [0.4, 0.5) is 5.69 Å². The molecule has 0 heterocycles. The van der Waals surface area contributed by atoms with Crippen LogP contribution in [0.2, 0.25) is 0 Å². The predicted molar refractivity (Wildman–Crippen MR) is 146 cm³/mol. The van der Waals surface area contributed by atoms with Crippen LogP contribution in [-0.2, 0) is 11.0 Å². The highest BCUT2D eigenvalue weighted by atomic mass is 31.2. The van der Waals surface area contributed by atoms with Crippen molar-refractivity contribution in [1.82, 2.24) is 0 Å². The van der Waals surface area contributed by atoms with Gasteiger partial charge in [-0.1, -0.05) is 81.5 Å². The second kappa shape index (κ2) is 14.0. The highest BCUT2D eigenvalue weighted by molar-refractivity contribution is 7.51. The Kier molecular flexibility index (Phi) is 10.7. The second-order valence-corrected chi connectivity index (χ2v) is 10.7. The molecule has 1 amide bonds. The smallest absolute Gasteiger partial charge is 0.325 e. The van der Waals surface area contributed by atoms with Crippen LogP contribution in [0, 0.1) is 0 Å². The molecule has 0 aliphatic carbocycles. The molecular weight excluding hydrogens is 473 g/mol. The first kappa shape index (κ1) is 27.7. The van der Waals surface area contributed by atoms with Gasteiger partial charge < -0.3 is 19.8 Å². The van der Waals surface area contributed by atoms with Crippen molar-refractivity contribution < 1.29 is 23.9 Å². The minimum Gasteiger partial charge on any atom is -0.494 e. The summed E-state index contributed by atoms with van der Waals surface area (Å²) in [5.41, 5.74) is 3.77. The minimum atomic E-state index is -4.11. The molecule has 0 fully saturated rings. The van der Waals surface area contributed by atoms with Gasteiger partial charge >= 0.3 is 7.60 Å². The van der Waals surface area contributed by atoms with Gasteiger partial charge in [-0.15, -0.1) is 0 Å². The summed E-state index contributed by atoms with van der Waals surface area (Å²) in [6, 6.07) is 22.4. The molecule has 192 valence electrons. The van der Waals surface area contributed by atoms with Crippen molar-refractivity contribution in [1.29, 1.82) is 0 Å². The van der Waals surface area contributed by atoms with Crippen LogP contribution >= 0.6 is 7.60 Å². The van der Waals surface area contributed by atoms with Crippen molar-refractivity contribution in [3.8, 4) is 16.9 Å². The lowest BCUT2D eigenvalue weighted by atomic mass is 10.0. The first-order valence-electron chi connectivity index (χ1n) is 12.6. The van der Waals surface area contributed by atoms with E-state index in [1.807, 2.05) is 36.4 Å². The third-order valence-corrected chi connectivity index (χ3v) is 6.85. The lowest BCUT2D eigenvalue weighted by molar-refractivity contribution is 0.102. The van der Waals surface area contributed by atoms with E-state index in [2.05, 4.69) is 12.2 Å². The summed E-state index contributed by atoms with van der Waals surface area (Å²) in [7, 11) is -4.11. The molecule has 3 aromatic carbocycles. The molecule has 0 aliphatic heterocycles. The van der Waals surface area contributed by atoms with Crippen LogP contribution in [0.3, 0.4) is 0 Å². The number of para-hydroxylation sites is 1. The second-order valence-electron chi connectivity index (χ2n) is 8.97. The highest BCUT2D eigenvalue weighted by Gasteiger charge is 2.15. The minimum absolute atomic E-state index is 0.179. The average Bonchev–Trinajstić information content (AvgIpc) is 2.87. The topological polar surface area (TPSA) is 95.9 Å². The number of aryl methyl sites for hydroxylation is 1. The van der Waals surface area contributed by atoms with Gasteiger partial charge in [0, 0.05) is 11.3 Å². The molecule has 0 bridgehead atoms. The van der Waals surface area contributed by atoms with Crippen molar-refractivity contribution in [2.45, 2.75) is 51.9 Å². The summed E-state index contributed by atoms with van der Waals surface area (Å²) >= 11 is 0. The first-order chi connectivity index (χ1) is 17.4. The van der Waals surface area contributed by atoms with E-state index in [0.717, 1.165) is 29.9 Å². The van der Waals surface area contributed by atoms with Crippen LogP contribution in [0.1, 0.15) is 61.4 Å². The average molecular weight is 510 g/mol. The Balaban J connectivity index is 1.53. The number of carbonyl (C=O) groups excluding carboxylic acids is 1. The number of hydrogen-bond acceptors (Lipinski definition) is 3. The maximum atomic E-state index is 12.8. The molecule has 3 rings (SSSR count). The van der Waals surface area contributed by atoms with E-state index < -0.39 is 7.60 Å². The number of rotatable bonds is 14. The summed E-state index contributed by atoms with van der Waals surface area (Å²) in [5.74, 6) is 0.587. The van der Waals surface area contributed by atoms with Gasteiger partial charge in [-0.3, -0.25) is 9.36 Å². The normalized spacial score (nSPS) is 11.3. The largest absolute Gasteiger partial charge is 0.494 e. The Bertz CT molecular complexity index is 1140. The zero-order valence-electron chi connectivity index (χ0n) is 20.9. The molecule has 0 unspecified atom stereocenters. The molecule has 0 radical (unpaired) electrons. The fraction of sp³-hybridized carbons (Fsp3) is 0.345. The molecule has 0 saturated heterocycles. The van der Waals surface area contributed by atoms with Crippen LogP contribution in [0.5, 0.6) is 5.75 Å². The Hall–Kier alpha value is -2.92. The zero-order chi connectivity index (χ0) is 25.8. The van der Waals surface area contributed by atoms with Crippen molar-refractivity contribution >= 4 is 19.2 Å². The predicted octanol–water partition coefficient (Wildman–Crippen LogP) is 7.07. The van der Waals surface area contributed by atoms with Gasteiger partial charge in [-0.25, -0.2) is 0 Å². The summed E-state index contributed by atoms with van der Waals surface area (Å²) in [6.07, 6.45) is 7.34. The standard InChI is InChI=1S/C29H36NO5P/c1-2-3-4-5-6-9-21-35-27-18-16-24(17-19-27)23-12-14-26(15-13-23)29(31)30-28-11-8-7-10-25(28)20-22-36(32,33)34/h7-8,10-19H,2-6,9,20-22H2,1H3,(H,30,31)(H2,32,33,34). The number of ether oxygens (including phenoxy) is 1. The molecule has 3 aromatic rings. The fourth-order valence-electron chi connectivity index (χ4n) is 3.95. The van der Waals surface area contributed by atoms with E-state index in [-0.39, 0.29) is 18.5 Å². The molecule has 0 spiro atoms. The van der Waals surface area contributed by atoms with Crippen LogP contribution in [0.15, 0.2) is 72.8 Å². The summed E-state index contributed by atoms with van der Waals surface area (Å²) < 4.78 is 17.1. The highest BCUT2D eigenvalue weighted by Crippen LogP contribution is 2.35. The number of hydrogen-bond donors (Lipinski definition) is 3. The SMILES string of the molecule is CCCCCCCCOc1ccc(-c2ccc(C(=O)Nc3ccccc3CCP(=O)(O)O)cc2)cc1. The van der Waals surface area contributed by atoms with Gasteiger partial charge in [0.15, 0.2) is 0 Å². The van der Waals surface area contributed by atoms with Crippen LogP contribution < -0.4 is 10.1 Å². The van der Waals surface area contributed by atoms with Gasteiger partial charge in [0.05, 0.1) is 12.8 Å². The van der Waals surface area contributed by atoms with E-state index >= 15 is 0 Å². The number of amides is 1. The summed E-state index contributed by atoms with van der Waals surface area (Å²) in [4.78, 5) is 31.1. The Morgan fingerprint density at radius 3 is 2.11 bits per heavy atom. The number of carbonyl (C=O) groups is 1. The molecule has 0 saturated carbocycles. The van der Waals surface area contributed by atoms with Gasteiger partial charge in [0.25, 0.3) is 5.91 Å². The maximum Gasteiger partial charge on any atom is 0.325 e. The number of unbranched alkanes of at least 4 members (excludes halogenated alkanes) is 5. The third kappa shape index (κ3) is 9.27. The molecule has 0 aromatic heterocycles. The molecular formula is C29H36NO5P. The summed E-state index contributed by atoms with van der Waals surface area (Å²) in [6.45, 7) is 2.96.